The first-order valence-corrected chi connectivity index (χ1v) is 12.7. The molecule has 0 saturated carbocycles. The maximum atomic E-state index is 13.3. The molecule has 0 N–H and O–H groups in total. The fraction of sp³-hybridized carbons (Fsp3) is 0.333. The third-order valence-corrected chi connectivity index (χ3v) is 6.92. The van der Waals surface area contributed by atoms with Gasteiger partial charge >= 0.3 is 0 Å². The summed E-state index contributed by atoms with van der Waals surface area (Å²) in [6.45, 7) is 8.17. The fourth-order valence-corrected chi connectivity index (χ4v) is 4.90. The van der Waals surface area contributed by atoms with Gasteiger partial charge in [0.05, 0.1) is 11.6 Å². The Balaban J connectivity index is 1.74. The van der Waals surface area contributed by atoms with Crippen LogP contribution in [0.1, 0.15) is 43.4 Å². The lowest BCUT2D eigenvalue weighted by atomic mass is 9.87. The van der Waals surface area contributed by atoms with Gasteiger partial charge in [-0.2, -0.15) is 0 Å². The maximum Gasteiger partial charge on any atom is 0.269 e. The van der Waals surface area contributed by atoms with Crippen LogP contribution in [0.25, 0.3) is 11.1 Å². The van der Waals surface area contributed by atoms with Gasteiger partial charge in [-0.3, -0.25) is 19.4 Å². The number of nitrogens with zero attached hydrogens (tertiary/aromatic N) is 3. The van der Waals surface area contributed by atoms with Crippen molar-refractivity contribution in [2.75, 3.05) is 37.8 Å². The quantitative estimate of drug-likeness (QED) is 0.188. The Bertz CT molecular complexity index is 1170. The van der Waals surface area contributed by atoms with Crippen LogP contribution in [-0.2, 0) is 0 Å². The highest BCUT2D eigenvalue weighted by molar-refractivity contribution is 5.98. The number of rotatable bonds is 9. The van der Waals surface area contributed by atoms with Gasteiger partial charge in [-0.1, -0.05) is 42.5 Å². The van der Waals surface area contributed by atoms with E-state index in [1.807, 2.05) is 30.3 Å². The summed E-state index contributed by atoms with van der Waals surface area (Å²) in [5, 5.41) is 11.2. The maximum absolute atomic E-state index is 13.3. The van der Waals surface area contributed by atoms with Crippen LogP contribution in [0, 0.1) is 10.1 Å². The molecule has 3 aromatic carbocycles. The highest BCUT2D eigenvalue weighted by Gasteiger charge is 2.20. The molecule has 0 aliphatic carbocycles. The second-order valence-corrected chi connectivity index (χ2v) is 9.48. The number of benzene rings is 3. The molecule has 0 unspecified atom stereocenters. The number of non-ortho nitro benzene ring substituents is 1. The van der Waals surface area contributed by atoms with Crippen LogP contribution in [0.5, 0.6) is 0 Å². The first-order valence-electron chi connectivity index (χ1n) is 12.7. The Morgan fingerprint density at radius 2 is 1.44 bits per heavy atom. The molecule has 3 aromatic rings. The van der Waals surface area contributed by atoms with Crippen molar-refractivity contribution in [3.63, 3.8) is 0 Å². The van der Waals surface area contributed by atoms with E-state index in [-0.39, 0.29) is 10.6 Å². The first-order chi connectivity index (χ1) is 17.5. The van der Waals surface area contributed by atoms with Crippen LogP contribution in [0.3, 0.4) is 0 Å². The monoisotopic (exact) mass is 487 g/mol. The Hall–Kier alpha value is -3.51. The van der Waals surface area contributed by atoms with E-state index in [1.54, 1.807) is 12.1 Å². The molecule has 0 aromatic heterocycles. The first kappa shape index (κ1) is 25.6. The predicted molar refractivity (Wildman–Crippen MR) is 146 cm³/mol. The molecule has 0 radical (unpaired) electrons. The van der Waals surface area contributed by atoms with Crippen molar-refractivity contribution in [1.29, 1.82) is 0 Å². The van der Waals surface area contributed by atoms with Crippen molar-refractivity contribution < 1.29 is 9.31 Å². The highest BCUT2D eigenvalue weighted by atomic mass is 19.1. The zero-order valence-corrected chi connectivity index (χ0v) is 21.1. The van der Waals surface area contributed by atoms with Gasteiger partial charge in [-0.25, -0.2) is 0 Å². The number of hydrogen-bond acceptors (Lipinski definition) is 4. The number of hydrogen-bond donors (Lipinski definition) is 0. The van der Waals surface area contributed by atoms with E-state index in [9.17, 15) is 14.5 Å². The summed E-state index contributed by atoms with van der Waals surface area (Å²) in [7, 11) is 0. The van der Waals surface area contributed by atoms with Crippen molar-refractivity contribution in [2.24, 2.45) is 0 Å². The minimum Gasteiger partial charge on any atom is -0.369 e. The van der Waals surface area contributed by atoms with Crippen LogP contribution in [0.4, 0.5) is 15.8 Å². The van der Waals surface area contributed by atoms with Crippen molar-refractivity contribution in [3.8, 4) is 0 Å². The van der Waals surface area contributed by atoms with Gasteiger partial charge in [0, 0.05) is 50.0 Å². The van der Waals surface area contributed by atoms with E-state index in [1.165, 1.54) is 17.8 Å². The summed E-state index contributed by atoms with van der Waals surface area (Å²) >= 11 is 0. The van der Waals surface area contributed by atoms with Gasteiger partial charge in [0.25, 0.3) is 5.69 Å². The van der Waals surface area contributed by atoms with E-state index in [4.69, 9.17) is 0 Å². The summed E-state index contributed by atoms with van der Waals surface area (Å²) in [4.78, 5) is 15.8. The molecule has 0 atom stereocenters. The normalized spacial score (nSPS) is 15.2. The van der Waals surface area contributed by atoms with Gasteiger partial charge in [0.2, 0.25) is 0 Å². The molecule has 0 spiro atoms. The number of allylic oxidation sites excluding steroid dienone is 1. The van der Waals surface area contributed by atoms with Gasteiger partial charge in [0.1, 0.15) is 0 Å². The Labute approximate surface area is 213 Å². The zero-order valence-electron chi connectivity index (χ0n) is 21.1. The largest absolute Gasteiger partial charge is 0.369 e. The Morgan fingerprint density at radius 1 is 0.861 bits per heavy atom. The smallest absolute Gasteiger partial charge is 0.269 e. The minimum absolute atomic E-state index is 0.0546. The molecule has 0 amide bonds. The van der Waals surface area contributed by atoms with Gasteiger partial charge < -0.3 is 4.90 Å². The lowest BCUT2D eigenvalue weighted by molar-refractivity contribution is -0.384. The molecule has 6 heteroatoms. The van der Waals surface area contributed by atoms with E-state index >= 15 is 0 Å². The van der Waals surface area contributed by atoms with Crippen LogP contribution in [0.15, 0.2) is 78.9 Å². The third-order valence-electron chi connectivity index (χ3n) is 6.92. The molecule has 4 rings (SSSR count). The van der Waals surface area contributed by atoms with Crippen LogP contribution in [-0.4, -0.2) is 48.7 Å². The van der Waals surface area contributed by atoms with E-state index in [0.29, 0.717) is 18.9 Å². The summed E-state index contributed by atoms with van der Waals surface area (Å²) in [5.74, 6) is 0. The summed E-state index contributed by atoms with van der Waals surface area (Å²) in [5.41, 5.74) is 6.21. The Kier molecular flexibility index (Phi) is 8.49. The zero-order chi connectivity index (χ0) is 25.5. The third kappa shape index (κ3) is 6.00. The number of halogens is 1. The molecular weight excluding hydrogens is 453 g/mol. The molecule has 0 bridgehead atoms. The summed E-state index contributed by atoms with van der Waals surface area (Å²) in [6, 6.07) is 25.8. The minimum atomic E-state index is -0.398. The average Bonchev–Trinajstić information content (AvgIpc) is 2.92. The van der Waals surface area contributed by atoms with E-state index in [2.05, 4.69) is 47.9 Å². The second kappa shape index (κ2) is 12.0. The van der Waals surface area contributed by atoms with Crippen molar-refractivity contribution >= 4 is 22.5 Å². The molecule has 1 fully saturated rings. The van der Waals surface area contributed by atoms with Crippen molar-refractivity contribution in [1.82, 2.24) is 4.90 Å². The van der Waals surface area contributed by atoms with Crippen molar-refractivity contribution in [2.45, 2.75) is 32.7 Å². The molecular formula is C30H34FN3O2. The number of alkyl halides is 1. The Morgan fingerprint density at radius 3 is 1.97 bits per heavy atom. The van der Waals surface area contributed by atoms with Crippen LogP contribution >= 0.6 is 0 Å². The topological polar surface area (TPSA) is 49.6 Å². The molecule has 1 aliphatic heterocycles. The number of piperazine rings is 1. The molecule has 36 heavy (non-hydrogen) atoms. The predicted octanol–water partition coefficient (Wildman–Crippen LogP) is 6.83. The lowest BCUT2D eigenvalue weighted by Gasteiger charge is -2.38. The van der Waals surface area contributed by atoms with Crippen LogP contribution < -0.4 is 4.90 Å². The van der Waals surface area contributed by atoms with Gasteiger partial charge in [-0.15, -0.1) is 0 Å². The molecule has 188 valence electrons. The summed E-state index contributed by atoms with van der Waals surface area (Å²) in [6.07, 6.45) is 0.991. The number of nitro benzene ring substituents is 1. The molecule has 1 heterocycles. The van der Waals surface area contributed by atoms with Gasteiger partial charge in [-0.05, 0) is 78.8 Å². The molecule has 1 aliphatic rings. The molecule has 1 saturated heterocycles. The van der Waals surface area contributed by atoms with Crippen LogP contribution in [0.2, 0.25) is 0 Å². The highest BCUT2D eigenvalue weighted by Crippen LogP contribution is 2.36. The average molecular weight is 488 g/mol. The number of nitro groups is 1. The second-order valence-electron chi connectivity index (χ2n) is 9.48. The van der Waals surface area contributed by atoms with E-state index < -0.39 is 6.67 Å². The summed E-state index contributed by atoms with van der Waals surface area (Å²) < 4.78 is 13.3. The number of anilines is 1. The van der Waals surface area contributed by atoms with E-state index in [0.717, 1.165) is 54.0 Å². The SMILES string of the molecule is CC(C)N1CCN(c2ccc(/C(=C(/CCCF)c3ccccc3)c3ccc([N+](=O)[O-])cc3)cc2)CC1. The van der Waals surface area contributed by atoms with Crippen molar-refractivity contribution in [3.05, 3.63) is 106 Å². The molecule has 5 nitrogen and oxygen atoms in total. The fourth-order valence-electron chi connectivity index (χ4n) is 4.90. The standard InChI is InChI=1S/C30H34FN3O2/c1-23(2)32-19-21-33(22-20-32)27-14-10-25(11-15-27)30(26-12-16-28(17-13-26)34(35)36)29(9-6-18-31)24-7-4-3-5-8-24/h3-5,7-8,10-17,23H,6,9,18-22H2,1-2H3/b30-29+. The lowest BCUT2D eigenvalue weighted by Crippen LogP contribution is -2.48. The van der Waals surface area contributed by atoms with Gasteiger partial charge in [0.15, 0.2) is 0 Å².